The lowest BCUT2D eigenvalue weighted by Gasteiger charge is -2.47. The van der Waals surface area contributed by atoms with Gasteiger partial charge in [0.05, 0.1) is 0 Å². The number of carboxylic acid groups (broad SMARTS) is 1. The normalized spacial score (nSPS) is 17.6. The van der Waals surface area contributed by atoms with Crippen LogP contribution in [-0.4, -0.2) is 47.1 Å². The summed E-state index contributed by atoms with van der Waals surface area (Å²) in [5, 5.41) is 13.0. The van der Waals surface area contributed by atoms with Gasteiger partial charge in [0, 0.05) is 17.0 Å². The number of aromatic nitrogens is 1. The van der Waals surface area contributed by atoms with Gasteiger partial charge < -0.3 is 15.3 Å². The standard InChI is InChI=1S/C12H19N3O2S/c1-8-9(10(16)17)14-11(18-8)13-7-12(15(2)3)5-4-6-12/h4-7H2,1-3H3,(H,13,14)(H,16,17). The van der Waals surface area contributed by atoms with Gasteiger partial charge in [0.15, 0.2) is 10.8 Å². The minimum absolute atomic E-state index is 0.162. The van der Waals surface area contributed by atoms with Crippen molar-refractivity contribution in [1.29, 1.82) is 0 Å². The van der Waals surface area contributed by atoms with Gasteiger partial charge >= 0.3 is 5.97 Å². The fraction of sp³-hybridized carbons (Fsp3) is 0.667. The SMILES string of the molecule is Cc1sc(NCC2(N(C)C)CCC2)nc1C(=O)O. The zero-order valence-corrected chi connectivity index (χ0v) is 11.8. The van der Waals surface area contributed by atoms with E-state index >= 15 is 0 Å². The molecule has 0 atom stereocenters. The van der Waals surface area contributed by atoms with Gasteiger partial charge in [-0.2, -0.15) is 0 Å². The van der Waals surface area contributed by atoms with Crippen LogP contribution in [0.2, 0.25) is 0 Å². The molecule has 0 aromatic carbocycles. The van der Waals surface area contributed by atoms with Crippen LogP contribution >= 0.6 is 11.3 Å². The monoisotopic (exact) mass is 269 g/mol. The van der Waals surface area contributed by atoms with Crippen molar-refractivity contribution in [2.24, 2.45) is 0 Å². The van der Waals surface area contributed by atoms with Gasteiger partial charge in [0.25, 0.3) is 0 Å². The Morgan fingerprint density at radius 2 is 2.22 bits per heavy atom. The lowest BCUT2D eigenvalue weighted by Crippen LogP contribution is -2.54. The number of thiazole rings is 1. The molecule has 5 nitrogen and oxygen atoms in total. The number of likely N-dealkylation sites (N-methyl/N-ethyl adjacent to an activating group) is 1. The number of nitrogens with one attached hydrogen (secondary N) is 1. The smallest absolute Gasteiger partial charge is 0.355 e. The largest absolute Gasteiger partial charge is 0.476 e. The molecule has 2 rings (SSSR count). The average molecular weight is 269 g/mol. The van der Waals surface area contributed by atoms with Crippen molar-refractivity contribution in [3.05, 3.63) is 10.6 Å². The van der Waals surface area contributed by atoms with E-state index in [1.54, 1.807) is 6.92 Å². The highest BCUT2D eigenvalue weighted by Crippen LogP contribution is 2.36. The van der Waals surface area contributed by atoms with Crippen LogP contribution in [0.5, 0.6) is 0 Å². The summed E-state index contributed by atoms with van der Waals surface area (Å²) in [5.74, 6) is -0.956. The molecule has 2 N–H and O–H groups in total. The first-order chi connectivity index (χ1) is 8.44. The number of anilines is 1. The van der Waals surface area contributed by atoms with Crippen molar-refractivity contribution in [3.63, 3.8) is 0 Å². The number of aryl methyl sites for hydroxylation is 1. The Morgan fingerprint density at radius 1 is 1.56 bits per heavy atom. The van der Waals surface area contributed by atoms with Gasteiger partial charge in [-0.05, 0) is 40.3 Å². The zero-order chi connectivity index (χ0) is 13.3. The fourth-order valence-electron chi connectivity index (χ4n) is 2.28. The maximum atomic E-state index is 10.9. The molecule has 0 saturated heterocycles. The molecule has 1 aromatic rings. The first-order valence-corrected chi connectivity index (χ1v) is 6.88. The zero-order valence-electron chi connectivity index (χ0n) is 11.0. The molecule has 1 heterocycles. The second-order valence-corrected chi connectivity index (χ2v) is 6.26. The molecule has 0 unspecified atom stereocenters. The minimum atomic E-state index is -0.956. The molecule has 6 heteroatoms. The van der Waals surface area contributed by atoms with Crippen molar-refractivity contribution in [2.45, 2.75) is 31.7 Å². The maximum absolute atomic E-state index is 10.9. The summed E-state index contributed by atoms with van der Waals surface area (Å²) in [6, 6.07) is 0. The van der Waals surface area contributed by atoms with Crippen molar-refractivity contribution >= 4 is 22.4 Å². The van der Waals surface area contributed by atoms with Gasteiger partial charge in [-0.1, -0.05) is 0 Å². The molecule has 1 fully saturated rings. The number of hydrogen-bond donors (Lipinski definition) is 2. The van der Waals surface area contributed by atoms with Gasteiger partial charge in [-0.25, -0.2) is 9.78 Å². The highest BCUT2D eigenvalue weighted by atomic mass is 32.1. The quantitative estimate of drug-likeness (QED) is 0.856. The highest BCUT2D eigenvalue weighted by molar-refractivity contribution is 7.15. The van der Waals surface area contributed by atoms with E-state index in [1.807, 2.05) is 0 Å². The lowest BCUT2D eigenvalue weighted by atomic mass is 9.75. The number of carboxylic acids is 1. The Labute approximate surface area is 111 Å². The van der Waals surface area contributed by atoms with Crippen LogP contribution in [0.1, 0.15) is 34.6 Å². The van der Waals surface area contributed by atoms with Crippen LogP contribution in [0.3, 0.4) is 0 Å². The molecular weight excluding hydrogens is 250 g/mol. The Kier molecular flexibility index (Phi) is 3.59. The van der Waals surface area contributed by atoms with E-state index in [1.165, 1.54) is 30.6 Å². The van der Waals surface area contributed by atoms with Crippen molar-refractivity contribution in [1.82, 2.24) is 9.88 Å². The third-order valence-corrected chi connectivity index (χ3v) is 4.73. The van der Waals surface area contributed by atoms with Gasteiger partial charge in [0.2, 0.25) is 0 Å². The van der Waals surface area contributed by atoms with E-state index in [4.69, 9.17) is 5.11 Å². The summed E-state index contributed by atoms with van der Waals surface area (Å²) in [5.41, 5.74) is 0.373. The number of carbonyl (C=O) groups is 1. The van der Waals surface area contributed by atoms with E-state index < -0.39 is 5.97 Å². The molecule has 0 spiro atoms. The highest BCUT2D eigenvalue weighted by Gasteiger charge is 2.38. The fourth-order valence-corrected chi connectivity index (χ4v) is 3.08. The molecule has 1 saturated carbocycles. The summed E-state index contributed by atoms with van der Waals surface area (Å²) >= 11 is 1.41. The third kappa shape index (κ3) is 2.35. The molecule has 18 heavy (non-hydrogen) atoms. The predicted octanol–water partition coefficient (Wildman–Crippen LogP) is 2.05. The van der Waals surface area contributed by atoms with Crippen molar-refractivity contribution in [2.75, 3.05) is 26.0 Å². The van der Waals surface area contributed by atoms with E-state index in [0.717, 1.165) is 11.4 Å². The Morgan fingerprint density at radius 3 is 2.61 bits per heavy atom. The Balaban J connectivity index is 2.02. The van der Waals surface area contributed by atoms with Crippen LogP contribution in [0, 0.1) is 6.92 Å². The van der Waals surface area contributed by atoms with Crippen molar-refractivity contribution < 1.29 is 9.90 Å². The lowest BCUT2D eigenvalue weighted by molar-refractivity contribution is 0.0690. The molecule has 1 aromatic heterocycles. The van der Waals surface area contributed by atoms with Crippen LogP contribution in [0.15, 0.2) is 0 Å². The van der Waals surface area contributed by atoms with Crippen molar-refractivity contribution in [3.8, 4) is 0 Å². The topological polar surface area (TPSA) is 65.5 Å². The molecule has 1 aliphatic carbocycles. The van der Waals surface area contributed by atoms with Gasteiger partial charge in [0.1, 0.15) is 0 Å². The minimum Gasteiger partial charge on any atom is -0.476 e. The molecule has 0 bridgehead atoms. The summed E-state index contributed by atoms with van der Waals surface area (Å²) in [6.45, 7) is 2.61. The molecular formula is C12H19N3O2S. The molecule has 0 radical (unpaired) electrons. The predicted molar refractivity (Wildman–Crippen MR) is 72.6 cm³/mol. The second kappa shape index (κ2) is 4.85. The van der Waals surface area contributed by atoms with Gasteiger partial charge in [-0.3, -0.25) is 0 Å². The average Bonchev–Trinajstić information content (AvgIpc) is 2.57. The Bertz CT molecular complexity index is 452. The summed E-state index contributed by atoms with van der Waals surface area (Å²) in [4.78, 5) is 18.0. The van der Waals surface area contributed by atoms with E-state index in [0.29, 0.717) is 5.13 Å². The summed E-state index contributed by atoms with van der Waals surface area (Å²) in [6.07, 6.45) is 3.63. The van der Waals surface area contributed by atoms with E-state index in [2.05, 4.69) is 29.3 Å². The molecule has 0 aliphatic heterocycles. The number of rotatable bonds is 5. The third-order valence-electron chi connectivity index (χ3n) is 3.80. The van der Waals surface area contributed by atoms with Crippen LogP contribution in [0.4, 0.5) is 5.13 Å². The maximum Gasteiger partial charge on any atom is 0.355 e. The number of aromatic carboxylic acids is 1. The molecule has 1 aliphatic rings. The summed E-state index contributed by atoms with van der Waals surface area (Å²) in [7, 11) is 4.19. The molecule has 0 amide bonds. The number of nitrogens with zero attached hydrogens (tertiary/aromatic N) is 2. The van der Waals surface area contributed by atoms with Crippen LogP contribution in [-0.2, 0) is 0 Å². The van der Waals surface area contributed by atoms with E-state index in [-0.39, 0.29) is 11.2 Å². The molecule has 100 valence electrons. The van der Waals surface area contributed by atoms with Crippen LogP contribution in [0.25, 0.3) is 0 Å². The Hall–Kier alpha value is -1.14. The van der Waals surface area contributed by atoms with E-state index in [9.17, 15) is 4.79 Å². The second-order valence-electron chi connectivity index (χ2n) is 5.05. The first kappa shape index (κ1) is 13.3. The number of hydrogen-bond acceptors (Lipinski definition) is 5. The van der Waals surface area contributed by atoms with Gasteiger partial charge in [-0.15, -0.1) is 11.3 Å². The first-order valence-electron chi connectivity index (χ1n) is 6.07. The summed E-state index contributed by atoms with van der Waals surface area (Å²) < 4.78 is 0. The van der Waals surface area contributed by atoms with Crippen LogP contribution < -0.4 is 5.32 Å².